The van der Waals surface area contributed by atoms with E-state index in [9.17, 15) is 19.5 Å². The highest BCUT2D eigenvalue weighted by atomic mass is 16.6. The zero-order valence-corrected chi connectivity index (χ0v) is 14.5. The summed E-state index contributed by atoms with van der Waals surface area (Å²) in [6, 6.07) is -1.73. The summed E-state index contributed by atoms with van der Waals surface area (Å²) in [6.45, 7) is 9.31. The molecule has 1 heterocycles. The Bertz CT molecular complexity index is 458. The maximum Gasteiger partial charge on any atom is 0.408 e. The van der Waals surface area contributed by atoms with E-state index in [1.807, 2.05) is 13.8 Å². The molecule has 3 unspecified atom stereocenters. The lowest BCUT2D eigenvalue weighted by Crippen LogP contribution is -2.56. The Balaban J connectivity index is 2.87. The van der Waals surface area contributed by atoms with Gasteiger partial charge >= 0.3 is 6.09 Å². The largest absolute Gasteiger partial charge is 0.548 e. The lowest BCUT2D eigenvalue weighted by molar-refractivity contribution is -0.310. The zero-order valence-electron chi connectivity index (χ0n) is 14.5. The average Bonchev–Trinajstić information content (AvgIpc) is 2.90. The number of hydrogen-bond donors (Lipinski definition) is 1. The first-order valence-electron chi connectivity index (χ1n) is 8.07. The van der Waals surface area contributed by atoms with E-state index < -0.39 is 35.7 Å². The third kappa shape index (κ3) is 5.41. The number of nitrogens with one attached hydrogen (secondary N) is 1. The molecule has 1 aliphatic rings. The molecule has 1 N–H and O–H groups in total. The van der Waals surface area contributed by atoms with Crippen molar-refractivity contribution in [3.05, 3.63) is 0 Å². The molecule has 1 rings (SSSR count). The summed E-state index contributed by atoms with van der Waals surface area (Å²) in [5.74, 6) is -1.79. The number of carbonyl (C=O) groups is 3. The zero-order chi connectivity index (χ0) is 17.8. The number of carbonyl (C=O) groups excluding carboxylic acids is 3. The molecule has 7 heteroatoms. The molecule has 132 valence electrons. The van der Waals surface area contributed by atoms with Crippen LogP contribution in [-0.4, -0.2) is 47.1 Å². The van der Waals surface area contributed by atoms with Crippen molar-refractivity contribution in [2.45, 2.75) is 71.6 Å². The van der Waals surface area contributed by atoms with E-state index in [1.54, 1.807) is 20.8 Å². The maximum atomic E-state index is 12.7. The smallest absolute Gasteiger partial charge is 0.408 e. The van der Waals surface area contributed by atoms with Gasteiger partial charge in [0.15, 0.2) is 0 Å². The Kier molecular flexibility index (Phi) is 6.41. The quantitative estimate of drug-likeness (QED) is 0.800. The first kappa shape index (κ1) is 19.3. The molecule has 0 radical (unpaired) electrons. The van der Waals surface area contributed by atoms with Crippen LogP contribution in [-0.2, 0) is 14.3 Å². The number of hydrogen-bond acceptors (Lipinski definition) is 5. The minimum absolute atomic E-state index is 0.141. The molecule has 0 aliphatic carbocycles. The first-order valence-corrected chi connectivity index (χ1v) is 8.07. The predicted molar refractivity (Wildman–Crippen MR) is 82.4 cm³/mol. The third-order valence-electron chi connectivity index (χ3n) is 3.96. The summed E-state index contributed by atoms with van der Waals surface area (Å²) in [4.78, 5) is 37.2. The van der Waals surface area contributed by atoms with E-state index in [-0.39, 0.29) is 5.92 Å². The number of nitrogens with zero attached hydrogens (tertiary/aromatic N) is 1. The van der Waals surface area contributed by atoms with Crippen LogP contribution in [0, 0.1) is 5.92 Å². The molecule has 0 bridgehead atoms. The van der Waals surface area contributed by atoms with E-state index in [4.69, 9.17) is 4.74 Å². The monoisotopic (exact) mass is 327 g/mol. The van der Waals surface area contributed by atoms with Gasteiger partial charge in [-0.25, -0.2) is 4.79 Å². The predicted octanol–water partition coefficient (Wildman–Crippen LogP) is 0.667. The highest BCUT2D eigenvalue weighted by Crippen LogP contribution is 2.21. The molecule has 3 atom stereocenters. The average molecular weight is 327 g/mol. The van der Waals surface area contributed by atoms with Crippen LogP contribution in [0.3, 0.4) is 0 Å². The van der Waals surface area contributed by atoms with Crippen molar-refractivity contribution in [2.24, 2.45) is 5.92 Å². The minimum atomic E-state index is -1.25. The highest BCUT2D eigenvalue weighted by molar-refractivity contribution is 5.89. The molecule has 0 saturated carbocycles. The van der Waals surface area contributed by atoms with Crippen LogP contribution >= 0.6 is 0 Å². The molecule has 7 nitrogen and oxygen atoms in total. The van der Waals surface area contributed by atoms with Crippen LogP contribution in [0.5, 0.6) is 0 Å². The van der Waals surface area contributed by atoms with Gasteiger partial charge < -0.3 is 24.9 Å². The van der Waals surface area contributed by atoms with Crippen molar-refractivity contribution in [1.29, 1.82) is 0 Å². The van der Waals surface area contributed by atoms with Gasteiger partial charge in [0.2, 0.25) is 5.91 Å². The Morgan fingerprint density at radius 2 is 1.96 bits per heavy atom. The molecule has 0 aromatic carbocycles. The Labute approximate surface area is 137 Å². The van der Waals surface area contributed by atoms with Crippen molar-refractivity contribution in [2.75, 3.05) is 6.54 Å². The van der Waals surface area contributed by atoms with E-state index in [1.165, 1.54) is 4.90 Å². The van der Waals surface area contributed by atoms with Gasteiger partial charge in [-0.05, 0) is 39.5 Å². The van der Waals surface area contributed by atoms with Crippen LogP contribution < -0.4 is 10.4 Å². The van der Waals surface area contributed by atoms with Crippen molar-refractivity contribution in [1.82, 2.24) is 10.2 Å². The molecule has 0 aromatic heterocycles. The fourth-order valence-electron chi connectivity index (χ4n) is 2.57. The van der Waals surface area contributed by atoms with Crippen LogP contribution in [0.25, 0.3) is 0 Å². The summed E-state index contributed by atoms with van der Waals surface area (Å²) in [6.07, 6.45) is 0.980. The van der Waals surface area contributed by atoms with Crippen molar-refractivity contribution >= 4 is 18.0 Å². The number of ether oxygens (including phenoxy) is 1. The number of carboxylic acid groups (broad SMARTS) is 1. The Hall–Kier alpha value is -1.79. The van der Waals surface area contributed by atoms with Gasteiger partial charge in [0, 0.05) is 6.54 Å². The van der Waals surface area contributed by atoms with E-state index in [0.29, 0.717) is 25.8 Å². The summed E-state index contributed by atoms with van der Waals surface area (Å²) < 4.78 is 5.20. The van der Waals surface area contributed by atoms with Crippen LogP contribution in [0.4, 0.5) is 4.79 Å². The molecular weight excluding hydrogens is 300 g/mol. The van der Waals surface area contributed by atoms with Gasteiger partial charge in [-0.1, -0.05) is 20.3 Å². The molecule has 1 fully saturated rings. The van der Waals surface area contributed by atoms with Gasteiger partial charge in [-0.2, -0.15) is 0 Å². The van der Waals surface area contributed by atoms with Crippen LogP contribution in [0.2, 0.25) is 0 Å². The number of amides is 2. The molecule has 0 spiro atoms. The second-order valence-corrected chi connectivity index (χ2v) is 7.02. The van der Waals surface area contributed by atoms with E-state index in [2.05, 4.69) is 5.32 Å². The lowest BCUT2D eigenvalue weighted by atomic mass is 9.97. The number of likely N-dealkylation sites (tertiary alicyclic amines) is 1. The Morgan fingerprint density at radius 3 is 2.43 bits per heavy atom. The van der Waals surface area contributed by atoms with E-state index in [0.717, 1.165) is 0 Å². The number of rotatable bonds is 5. The lowest BCUT2D eigenvalue weighted by Gasteiger charge is -2.32. The molecular formula is C16H27N2O5-. The topological polar surface area (TPSA) is 98.8 Å². The second-order valence-electron chi connectivity index (χ2n) is 7.02. The molecule has 2 amide bonds. The van der Waals surface area contributed by atoms with Gasteiger partial charge in [-0.3, -0.25) is 4.79 Å². The summed E-state index contributed by atoms with van der Waals surface area (Å²) in [5, 5.41) is 13.8. The van der Waals surface area contributed by atoms with E-state index >= 15 is 0 Å². The van der Waals surface area contributed by atoms with Gasteiger partial charge in [0.1, 0.15) is 11.6 Å². The normalized spacial score (nSPS) is 20.7. The minimum Gasteiger partial charge on any atom is -0.548 e. The SMILES string of the molecule is CCC(C)C(NC(=O)OC(C)(C)C)C(=O)N1CCCC1C(=O)[O-]. The van der Waals surface area contributed by atoms with Gasteiger partial charge in [-0.15, -0.1) is 0 Å². The van der Waals surface area contributed by atoms with Crippen LogP contribution in [0.15, 0.2) is 0 Å². The summed E-state index contributed by atoms with van der Waals surface area (Å²) >= 11 is 0. The fourth-order valence-corrected chi connectivity index (χ4v) is 2.57. The van der Waals surface area contributed by atoms with Crippen molar-refractivity contribution in [3.63, 3.8) is 0 Å². The number of carboxylic acids is 1. The highest BCUT2D eigenvalue weighted by Gasteiger charge is 2.37. The summed E-state index contributed by atoms with van der Waals surface area (Å²) in [5.41, 5.74) is -0.672. The molecule has 23 heavy (non-hydrogen) atoms. The summed E-state index contributed by atoms with van der Waals surface area (Å²) in [7, 11) is 0. The number of aliphatic carboxylic acids is 1. The standard InChI is InChI=1S/C16H28N2O5/c1-6-10(2)12(17-15(22)23-16(3,4)5)13(19)18-9-7-8-11(18)14(20)21/h10-12H,6-9H2,1-5H3,(H,17,22)(H,20,21)/p-1. The maximum absolute atomic E-state index is 12.7. The number of alkyl carbamates (subject to hydrolysis) is 1. The fraction of sp³-hybridized carbons (Fsp3) is 0.812. The first-order chi connectivity index (χ1) is 10.6. The van der Waals surface area contributed by atoms with Crippen molar-refractivity contribution < 1.29 is 24.2 Å². The molecule has 1 saturated heterocycles. The van der Waals surface area contributed by atoms with Crippen molar-refractivity contribution in [3.8, 4) is 0 Å². The second kappa shape index (κ2) is 7.66. The molecule has 1 aliphatic heterocycles. The van der Waals surface area contributed by atoms with Crippen LogP contribution in [0.1, 0.15) is 53.9 Å². The molecule has 0 aromatic rings. The van der Waals surface area contributed by atoms with Gasteiger partial charge in [0.25, 0.3) is 0 Å². The van der Waals surface area contributed by atoms with Gasteiger partial charge in [0.05, 0.1) is 12.0 Å². The Morgan fingerprint density at radius 1 is 1.35 bits per heavy atom. The third-order valence-corrected chi connectivity index (χ3v) is 3.96.